The Morgan fingerprint density at radius 1 is 1.10 bits per heavy atom. The maximum absolute atomic E-state index is 13.0. The van der Waals surface area contributed by atoms with Crippen LogP contribution in [0, 0.1) is 20.8 Å². The van der Waals surface area contributed by atoms with E-state index in [2.05, 4.69) is 41.6 Å². The van der Waals surface area contributed by atoms with Gasteiger partial charge in [-0.15, -0.1) is 0 Å². The quantitative estimate of drug-likeness (QED) is 0.412. The largest absolute Gasteiger partial charge is 0.272 e. The predicted molar refractivity (Wildman–Crippen MR) is 120 cm³/mol. The summed E-state index contributed by atoms with van der Waals surface area (Å²) in [4.78, 5) is 17.8. The van der Waals surface area contributed by atoms with Crippen molar-refractivity contribution in [1.29, 1.82) is 0 Å². The minimum Gasteiger partial charge on any atom is -0.272 e. The van der Waals surface area contributed by atoms with Gasteiger partial charge in [-0.2, -0.15) is 10.2 Å². The van der Waals surface area contributed by atoms with E-state index in [0.29, 0.717) is 5.56 Å². The molecule has 0 spiro atoms. The van der Waals surface area contributed by atoms with E-state index in [1.54, 1.807) is 17.1 Å². The molecule has 2 aromatic heterocycles. The Kier molecular flexibility index (Phi) is 5.14. The van der Waals surface area contributed by atoms with Crippen LogP contribution in [0.2, 0.25) is 0 Å². The van der Waals surface area contributed by atoms with Gasteiger partial charge in [-0.25, -0.2) is 10.4 Å². The predicted octanol–water partition coefficient (Wildman–Crippen LogP) is 4.32. The number of benzene rings is 2. The summed E-state index contributed by atoms with van der Waals surface area (Å²) in [7, 11) is 1.86. The molecule has 4 rings (SSSR count). The highest BCUT2D eigenvalue weighted by atomic mass is 16.2. The molecule has 0 aliphatic rings. The lowest BCUT2D eigenvalue weighted by Gasteiger charge is -2.11. The normalized spacial score (nSPS) is 11.3. The van der Waals surface area contributed by atoms with Gasteiger partial charge in [0, 0.05) is 29.3 Å². The summed E-state index contributed by atoms with van der Waals surface area (Å²) < 4.78 is 1.76. The Morgan fingerprint density at radius 2 is 1.90 bits per heavy atom. The van der Waals surface area contributed by atoms with Crippen LogP contribution in [0.1, 0.15) is 32.7 Å². The first-order valence-electron chi connectivity index (χ1n) is 9.73. The molecule has 0 bridgehead atoms. The number of hydrogen-bond acceptors (Lipinski definition) is 4. The Hall–Kier alpha value is -3.80. The minimum absolute atomic E-state index is 0.280. The van der Waals surface area contributed by atoms with Crippen molar-refractivity contribution < 1.29 is 4.79 Å². The minimum atomic E-state index is -0.280. The van der Waals surface area contributed by atoms with Gasteiger partial charge in [0.25, 0.3) is 5.91 Å². The summed E-state index contributed by atoms with van der Waals surface area (Å²) in [5.41, 5.74) is 9.86. The van der Waals surface area contributed by atoms with E-state index in [9.17, 15) is 4.79 Å². The second-order valence-corrected chi connectivity index (χ2v) is 7.40. The molecule has 30 heavy (non-hydrogen) atoms. The first-order valence-corrected chi connectivity index (χ1v) is 9.73. The molecule has 0 atom stereocenters. The average Bonchev–Trinajstić information content (AvgIpc) is 3.05. The SMILES string of the molecule is Cc1ccc(-c2cc(C(=O)NN=Cc3cnn(C)c3C)c3ccccc3n2)c(C)c1. The summed E-state index contributed by atoms with van der Waals surface area (Å²) in [5, 5.41) is 9.10. The topological polar surface area (TPSA) is 72.2 Å². The Morgan fingerprint density at radius 3 is 2.63 bits per heavy atom. The van der Waals surface area contributed by atoms with Gasteiger partial charge >= 0.3 is 0 Å². The first-order chi connectivity index (χ1) is 14.4. The lowest BCUT2D eigenvalue weighted by atomic mass is 9.99. The number of hydrazone groups is 1. The molecule has 4 aromatic rings. The van der Waals surface area contributed by atoms with E-state index in [0.717, 1.165) is 39.0 Å². The van der Waals surface area contributed by atoms with E-state index in [4.69, 9.17) is 4.98 Å². The third-order valence-electron chi connectivity index (χ3n) is 5.26. The van der Waals surface area contributed by atoms with Crippen molar-refractivity contribution in [2.45, 2.75) is 20.8 Å². The van der Waals surface area contributed by atoms with Crippen molar-refractivity contribution in [2.24, 2.45) is 12.1 Å². The average molecular weight is 397 g/mol. The van der Waals surface area contributed by atoms with Gasteiger partial charge < -0.3 is 0 Å². The van der Waals surface area contributed by atoms with Crippen LogP contribution < -0.4 is 5.43 Å². The zero-order valence-corrected chi connectivity index (χ0v) is 17.5. The lowest BCUT2D eigenvalue weighted by Crippen LogP contribution is -2.18. The second-order valence-electron chi connectivity index (χ2n) is 7.40. The van der Waals surface area contributed by atoms with Crippen LogP contribution in [0.4, 0.5) is 0 Å². The monoisotopic (exact) mass is 397 g/mol. The van der Waals surface area contributed by atoms with E-state index < -0.39 is 0 Å². The third-order valence-corrected chi connectivity index (χ3v) is 5.26. The zero-order valence-electron chi connectivity index (χ0n) is 17.5. The molecular weight excluding hydrogens is 374 g/mol. The van der Waals surface area contributed by atoms with Crippen molar-refractivity contribution in [3.8, 4) is 11.3 Å². The molecule has 0 radical (unpaired) electrons. The van der Waals surface area contributed by atoms with E-state index in [1.807, 2.05) is 50.4 Å². The van der Waals surface area contributed by atoms with E-state index >= 15 is 0 Å². The van der Waals surface area contributed by atoms with Gasteiger partial charge in [0.1, 0.15) is 0 Å². The second kappa shape index (κ2) is 7.91. The summed E-state index contributed by atoms with van der Waals surface area (Å²) >= 11 is 0. The molecule has 0 saturated heterocycles. The number of nitrogens with zero attached hydrogens (tertiary/aromatic N) is 4. The van der Waals surface area contributed by atoms with Gasteiger partial charge in [0.15, 0.2) is 0 Å². The number of rotatable bonds is 4. The molecule has 0 aliphatic heterocycles. The smallest absolute Gasteiger partial charge is 0.272 e. The number of hydrogen-bond donors (Lipinski definition) is 1. The number of pyridine rings is 1. The summed E-state index contributed by atoms with van der Waals surface area (Å²) in [5.74, 6) is -0.280. The number of aryl methyl sites for hydroxylation is 3. The lowest BCUT2D eigenvalue weighted by molar-refractivity contribution is 0.0956. The Labute approximate surface area is 175 Å². The van der Waals surface area contributed by atoms with Gasteiger partial charge in [-0.3, -0.25) is 9.48 Å². The zero-order chi connectivity index (χ0) is 21.3. The molecule has 0 aliphatic carbocycles. The van der Waals surface area contributed by atoms with Crippen LogP contribution in [-0.4, -0.2) is 26.9 Å². The van der Waals surface area contributed by atoms with Crippen molar-refractivity contribution in [3.05, 3.63) is 82.7 Å². The molecule has 0 fully saturated rings. The fraction of sp³-hybridized carbons (Fsp3) is 0.167. The highest BCUT2D eigenvalue weighted by Gasteiger charge is 2.14. The summed E-state index contributed by atoms with van der Waals surface area (Å²) in [6.45, 7) is 6.06. The summed E-state index contributed by atoms with van der Waals surface area (Å²) in [6.07, 6.45) is 3.32. The number of amides is 1. The van der Waals surface area contributed by atoms with Gasteiger partial charge in [-0.05, 0) is 38.5 Å². The standard InChI is InChI=1S/C24H23N5O/c1-15-9-10-19(16(2)11-15)23-12-21(20-7-5-6-8-22(20)27-23)24(30)28-25-13-18-14-26-29(4)17(18)3/h5-14H,1-4H3,(H,28,30). The van der Waals surface area contributed by atoms with Crippen molar-refractivity contribution in [1.82, 2.24) is 20.2 Å². The van der Waals surface area contributed by atoms with Crippen LogP contribution in [-0.2, 0) is 7.05 Å². The number of carbonyl (C=O) groups is 1. The number of fused-ring (bicyclic) bond motifs is 1. The van der Waals surface area contributed by atoms with Gasteiger partial charge in [-0.1, -0.05) is 42.0 Å². The van der Waals surface area contributed by atoms with Crippen LogP contribution in [0.3, 0.4) is 0 Å². The maximum Gasteiger partial charge on any atom is 0.272 e. The van der Waals surface area contributed by atoms with E-state index in [1.165, 1.54) is 5.56 Å². The van der Waals surface area contributed by atoms with Gasteiger partial charge in [0.05, 0.1) is 29.2 Å². The molecular formula is C24H23N5O. The molecule has 2 heterocycles. The molecule has 0 saturated carbocycles. The van der Waals surface area contributed by atoms with Crippen LogP contribution in [0.15, 0.2) is 59.8 Å². The van der Waals surface area contributed by atoms with Crippen molar-refractivity contribution in [3.63, 3.8) is 0 Å². The van der Waals surface area contributed by atoms with Crippen LogP contribution in [0.25, 0.3) is 22.2 Å². The Balaban J connectivity index is 1.72. The van der Waals surface area contributed by atoms with Crippen LogP contribution in [0.5, 0.6) is 0 Å². The fourth-order valence-corrected chi connectivity index (χ4v) is 3.47. The first kappa shape index (κ1) is 19.5. The molecule has 150 valence electrons. The molecule has 6 nitrogen and oxygen atoms in total. The Bertz CT molecular complexity index is 1290. The highest BCUT2D eigenvalue weighted by molar-refractivity contribution is 6.07. The highest BCUT2D eigenvalue weighted by Crippen LogP contribution is 2.27. The molecule has 1 amide bonds. The van der Waals surface area contributed by atoms with E-state index in [-0.39, 0.29) is 5.91 Å². The van der Waals surface area contributed by atoms with Crippen LogP contribution >= 0.6 is 0 Å². The molecule has 1 N–H and O–H groups in total. The van der Waals surface area contributed by atoms with Gasteiger partial charge in [0.2, 0.25) is 0 Å². The van der Waals surface area contributed by atoms with Crippen molar-refractivity contribution >= 4 is 23.0 Å². The number of para-hydroxylation sites is 1. The molecule has 0 unspecified atom stereocenters. The number of nitrogens with one attached hydrogen (secondary N) is 1. The maximum atomic E-state index is 13.0. The summed E-state index contributed by atoms with van der Waals surface area (Å²) in [6, 6.07) is 15.7. The number of aromatic nitrogens is 3. The molecule has 2 aromatic carbocycles. The third kappa shape index (κ3) is 3.72. The molecule has 6 heteroatoms. The fourth-order valence-electron chi connectivity index (χ4n) is 3.47. The van der Waals surface area contributed by atoms with Crippen molar-refractivity contribution in [2.75, 3.05) is 0 Å². The number of carbonyl (C=O) groups excluding carboxylic acids is 1.